The number of likely N-dealkylation sites (tertiary alicyclic amines) is 1. The maximum absolute atomic E-state index is 14.0. The van der Waals surface area contributed by atoms with Crippen LogP contribution < -0.4 is 4.90 Å². The smallest absolute Gasteiger partial charge is 0.275 e. The lowest BCUT2D eigenvalue weighted by Gasteiger charge is -2.36. The van der Waals surface area contributed by atoms with Crippen molar-refractivity contribution in [1.82, 2.24) is 25.1 Å². The van der Waals surface area contributed by atoms with Gasteiger partial charge in [-0.2, -0.15) is 5.10 Å². The number of nitrogens with one attached hydrogen (secondary N) is 1. The van der Waals surface area contributed by atoms with Crippen LogP contribution in [0.1, 0.15) is 59.2 Å². The summed E-state index contributed by atoms with van der Waals surface area (Å²) < 4.78 is 14.0. The Labute approximate surface area is 186 Å². The number of fused-ring (bicyclic) bond motifs is 1. The second-order valence-corrected chi connectivity index (χ2v) is 8.77. The Morgan fingerprint density at radius 2 is 2.09 bits per heavy atom. The summed E-state index contributed by atoms with van der Waals surface area (Å²) >= 11 is 0. The summed E-state index contributed by atoms with van der Waals surface area (Å²) in [5, 5.41) is 7.43. The predicted octanol–water partition coefficient (Wildman–Crippen LogP) is 3.93. The van der Waals surface area contributed by atoms with Crippen LogP contribution in [0.3, 0.4) is 0 Å². The lowest BCUT2D eigenvalue weighted by molar-refractivity contribution is 0.0599. The van der Waals surface area contributed by atoms with E-state index in [-0.39, 0.29) is 17.8 Å². The third-order valence-corrected chi connectivity index (χ3v) is 6.43. The number of amides is 1. The van der Waals surface area contributed by atoms with Crippen molar-refractivity contribution in [3.05, 3.63) is 58.9 Å². The number of benzene rings is 1. The van der Waals surface area contributed by atoms with Gasteiger partial charge in [0.15, 0.2) is 5.69 Å². The molecule has 0 spiro atoms. The number of carbonyl (C=O) groups excluding carboxylic acids is 1. The van der Waals surface area contributed by atoms with Gasteiger partial charge < -0.3 is 9.80 Å². The summed E-state index contributed by atoms with van der Waals surface area (Å²) in [4.78, 5) is 26.7. The van der Waals surface area contributed by atoms with Gasteiger partial charge in [-0.15, -0.1) is 0 Å². The fraction of sp³-hybridized carbons (Fsp3) is 0.417. The first-order valence-corrected chi connectivity index (χ1v) is 11.2. The zero-order valence-electron chi connectivity index (χ0n) is 18.4. The van der Waals surface area contributed by atoms with E-state index in [1.54, 1.807) is 12.3 Å². The van der Waals surface area contributed by atoms with Crippen LogP contribution in [-0.2, 0) is 12.8 Å². The number of hydrogen-bond donors (Lipinski definition) is 1. The molecule has 0 saturated carbocycles. The van der Waals surface area contributed by atoms with Crippen molar-refractivity contribution in [2.45, 2.75) is 44.6 Å². The summed E-state index contributed by atoms with van der Waals surface area (Å²) in [5.74, 6) is 0.205. The van der Waals surface area contributed by atoms with Gasteiger partial charge in [0, 0.05) is 43.7 Å². The number of carbonyl (C=O) groups is 1. The summed E-state index contributed by atoms with van der Waals surface area (Å²) in [6.07, 6.45) is 7.36. The average Bonchev–Trinajstić information content (AvgIpc) is 3.42. The average molecular weight is 435 g/mol. The van der Waals surface area contributed by atoms with Crippen molar-refractivity contribution in [3.63, 3.8) is 0 Å². The lowest BCUT2D eigenvalue weighted by atomic mass is 9.93. The van der Waals surface area contributed by atoms with Crippen molar-refractivity contribution in [1.29, 1.82) is 0 Å². The molecule has 1 N–H and O–H groups in total. The van der Waals surface area contributed by atoms with Crippen LogP contribution in [0.25, 0.3) is 11.1 Å². The molecule has 3 heterocycles. The fourth-order valence-corrected chi connectivity index (χ4v) is 4.82. The zero-order valence-corrected chi connectivity index (χ0v) is 18.4. The molecule has 0 radical (unpaired) electrons. The number of halogens is 1. The topological polar surface area (TPSA) is 78.0 Å². The summed E-state index contributed by atoms with van der Waals surface area (Å²) in [6.45, 7) is 0.648. The van der Waals surface area contributed by atoms with Crippen LogP contribution in [-0.4, -0.2) is 51.6 Å². The highest BCUT2D eigenvalue weighted by Gasteiger charge is 2.35. The molecule has 5 rings (SSSR count). The van der Waals surface area contributed by atoms with Gasteiger partial charge in [0.2, 0.25) is 5.95 Å². The van der Waals surface area contributed by atoms with Crippen molar-refractivity contribution < 1.29 is 9.18 Å². The standard InChI is InChI=1S/C24H27FN6O/c1-30(2)24-26-14-18(15-7-5-8-16(25)13-15)21(27-24)20-11-3-4-12-31(20)23(32)22-17-9-6-10-19(17)28-29-22/h5,7-8,13-14,20H,3-4,6,9-12H2,1-2H3,(H,28,29)/t20-/m1/s1. The number of piperidine rings is 1. The van der Waals surface area contributed by atoms with E-state index >= 15 is 0 Å². The second-order valence-electron chi connectivity index (χ2n) is 8.77. The molecular weight excluding hydrogens is 407 g/mol. The van der Waals surface area contributed by atoms with Gasteiger partial charge in [-0.3, -0.25) is 9.89 Å². The van der Waals surface area contributed by atoms with E-state index in [0.717, 1.165) is 61.0 Å². The van der Waals surface area contributed by atoms with E-state index in [4.69, 9.17) is 4.98 Å². The molecule has 8 heteroatoms. The molecule has 1 aromatic carbocycles. The Morgan fingerprint density at radius 3 is 2.91 bits per heavy atom. The van der Waals surface area contributed by atoms with E-state index in [1.807, 2.05) is 30.0 Å². The molecular formula is C24H27FN6O. The Kier molecular flexibility index (Phi) is 5.36. The maximum Gasteiger partial charge on any atom is 0.275 e. The molecule has 32 heavy (non-hydrogen) atoms. The van der Waals surface area contributed by atoms with Crippen LogP contribution in [0.4, 0.5) is 10.3 Å². The fourth-order valence-electron chi connectivity index (χ4n) is 4.82. The molecule has 1 fully saturated rings. The highest BCUT2D eigenvalue weighted by molar-refractivity contribution is 5.94. The minimum Gasteiger partial charge on any atom is -0.347 e. The number of aromatic nitrogens is 4. The van der Waals surface area contributed by atoms with Crippen LogP contribution in [0.15, 0.2) is 30.5 Å². The van der Waals surface area contributed by atoms with E-state index < -0.39 is 0 Å². The molecule has 1 atom stereocenters. The molecule has 2 aliphatic rings. The summed E-state index contributed by atoms with van der Waals surface area (Å²) in [6, 6.07) is 6.24. The normalized spacial score (nSPS) is 18.0. The highest BCUT2D eigenvalue weighted by atomic mass is 19.1. The number of anilines is 1. The van der Waals surface area contributed by atoms with Crippen molar-refractivity contribution >= 4 is 11.9 Å². The van der Waals surface area contributed by atoms with Gasteiger partial charge >= 0.3 is 0 Å². The van der Waals surface area contributed by atoms with Gasteiger partial charge in [0.05, 0.1) is 11.7 Å². The maximum atomic E-state index is 14.0. The molecule has 1 amide bonds. The Hall–Kier alpha value is -3.29. The van der Waals surface area contributed by atoms with Crippen molar-refractivity contribution in [3.8, 4) is 11.1 Å². The number of nitrogens with zero attached hydrogens (tertiary/aromatic N) is 5. The van der Waals surface area contributed by atoms with Crippen molar-refractivity contribution in [2.24, 2.45) is 0 Å². The number of aryl methyl sites for hydroxylation is 1. The SMILES string of the molecule is CN(C)c1ncc(-c2cccc(F)c2)c([C@H]2CCCCN2C(=O)c2n[nH]c3c2CCC3)n1. The first-order chi connectivity index (χ1) is 15.5. The molecule has 7 nitrogen and oxygen atoms in total. The third-order valence-electron chi connectivity index (χ3n) is 6.43. The molecule has 3 aromatic rings. The number of aromatic amines is 1. The first kappa shape index (κ1) is 20.6. The number of hydrogen-bond acceptors (Lipinski definition) is 5. The van der Waals surface area contributed by atoms with Gasteiger partial charge in [-0.05, 0) is 56.2 Å². The number of rotatable bonds is 4. The largest absolute Gasteiger partial charge is 0.347 e. The molecule has 0 bridgehead atoms. The molecule has 1 saturated heterocycles. The van der Waals surface area contributed by atoms with E-state index in [2.05, 4.69) is 15.2 Å². The van der Waals surface area contributed by atoms with Gasteiger partial charge in [0.1, 0.15) is 5.82 Å². The molecule has 166 valence electrons. The van der Waals surface area contributed by atoms with Crippen LogP contribution in [0, 0.1) is 5.82 Å². The number of H-pyrrole nitrogens is 1. The Morgan fingerprint density at radius 1 is 1.22 bits per heavy atom. The van der Waals surface area contributed by atoms with E-state index in [9.17, 15) is 9.18 Å². The molecule has 2 aromatic heterocycles. The van der Waals surface area contributed by atoms with Crippen molar-refractivity contribution in [2.75, 3.05) is 25.5 Å². The van der Waals surface area contributed by atoms with Gasteiger partial charge in [-0.25, -0.2) is 14.4 Å². The highest BCUT2D eigenvalue weighted by Crippen LogP contribution is 2.38. The first-order valence-electron chi connectivity index (χ1n) is 11.2. The second kappa shape index (κ2) is 8.33. The zero-order chi connectivity index (χ0) is 22.2. The Bertz CT molecular complexity index is 1160. The molecule has 1 aliphatic carbocycles. The monoisotopic (exact) mass is 434 g/mol. The summed E-state index contributed by atoms with van der Waals surface area (Å²) in [7, 11) is 3.77. The third kappa shape index (κ3) is 3.63. The minimum absolute atomic E-state index is 0.0516. The minimum atomic E-state index is -0.311. The Balaban J connectivity index is 1.59. The van der Waals surface area contributed by atoms with Gasteiger partial charge in [-0.1, -0.05) is 12.1 Å². The quantitative estimate of drug-likeness (QED) is 0.673. The molecule has 1 aliphatic heterocycles. The lowest BCUT2D eigenvalue weighted by Crippen LogP contribution is -2.40. The van der Waals surface area contributed by atoms with E-state index in [0.29, 0.717) is 23.8 Å². The predicted molar refractivity (Wildman–Crippen MR) is 120 cm³/mol. The molecule has 0 unspecified atom stereocenters. The van der Waals surface area contributed by atoms with Crippen LogP contribution in [0.5, 0.6) is 0 Å². The van der Waals surface area contributed by atoms with Crippen LogP contribution in [0.2, 0.25) is 0 Å². The van der Waals surface area contributed by atoms with Gasteiger partial charge in [0.25, 0.3) is 5.91 Å². The van der Waals surface area contributed by atoms with E-state index in [1.165, 1.54) is 12.1 Å². The van der Waals surface area contributed by atoms with Crippen LogP contribution >= 0.6 is 0 Å². The summed E-state index contributed by atoms with van der Waals surface area (Å²) in [5.41, 5.74) is 4.91.